The van der Waals surface area contributed by atoms with Gasteiger partial charge in [0.1, 0.15) is 0 Å². The Labute approximate surface area is 189 Å². The fraction of sp³-hybridized carbons (Fsp3) is 0.440. The SMILES string of the molecule is CN=C(NCC1CC(=O)N(CCc2ccccc2)C1)NCC1(c2ccc(Cl)cc2)CC1. The molecular formula is C25H31ClN4O. The summed E-state index contributed by atoms with van der Waals surface area (Å²) in [7, 11) is 1.79. The molecule has 4 rings (SSSR count). The number of nitrogens with zero attached hydrogens (tertiary/aromatic N) is 2. The second-order valence-corrected chi connectivity index (χ2v) is 9.18. The van der Waals surface area contributed by atoms with Crippen LogP contribution in [0.5, 0.6) is 0 Å². The van der Waals surface area contributed by atoms with E-state index in [1.807, 2.05) is 35.2 Å². The van der Waals surface area contributed by atoms with Gasteiger partial charge in [-0.15, -0.1) is 0 Å². The van der Waals surface area contributed by atoms with Gasteiger partial charge in [-0.25, -0.2) is 0 Å². The molecule has 1 atom stereocenters. The first-order chi connectivity index (χ1) is 15.1. The molecule has 1 saturated heterocycles. The number of guanidine groups is 1. The number of hydrogen-bond donors (Lipinski definition) is 2. The van der Waals surface area contributed by atoms with Crippen molar-refractivity contribution in [2.75, 3.05) is 33.2 Å². The Morgan fingerprint density at radius 3 is 2.55 bits per heavy atom. The van der Waals surface area contributed by atoms with Crippen molar-refractivity contribution in [1.82, 2.24) is 15.5 Å². The third kappa shape index (κ3) is 5.59. The lowest BCUT2D eigenvalue weighted by atomic mass is 9.96. The molecule has 0 aromatic heterocycles. The fourth-order valence-corrected chi connectivity index (χ4v) is 4.48. The van der Waals surface area contributed by atoms with Gasteiger partial charge in [0.15, 0.2) is 5.96 Å². The third-order valence-electron chi connectivity index (χ3n) is 6.49. The standard InChI is InChI=1S/C25H31ClN4O/c1-27-24(29-18-25(12-13-25)21-7-9-22(26)10-8-21)28-16-20-15-23(31)30(17-20)14-11-19-5-3-2-4-6-19/h2-10,20H,11-18H2,1H3,(H2,27,28,29). The Hall–Kier alpha value is -2.53. The van der Waals surface area contributed by atoms with Gasteiger partial charge in [-0.05, 0) is 42.5 Å². The zero-order valence-electron chi connectivity index (χ0n) is 18.1. The van der Waals surface area contributed by atoms with E-state index in [-0.39, 0.29) is 11.3 Å². The summed E-state index contributed by atoms with van der Waals surface area (Å²) in [5, 5.41) is 7.68. The molecule has 0 bridgehead atoms. The van der Waals surface area contributed by atoms with Gasteiger partial charge in [0.25, 0.3) is 0 Å². The number of rotatable bonds is 8. The number of carbonyl (C=O) groups is 1. The van der Waals surface area contributed by atoms with Crippen LogP contribution in [-0.2, 0) is 16.6 Å². The summed E-state index contributed by atoms with van der Waals surface area (Å²) in [6.07, 6.45) is 3.86. The van der Waals surface area contributed by atoms with E-state index >= 15 is 0 Å². The van der Waals surface area contributed by atoms with E-state index in [9.17, 15) is 4.79 Å². The van der Waals surface area contributed by atoms with Gasteiger partial charge in [0.2, 0.25) is 5.91 Å². The molecule has 31 heavy (non-hydrogen) atoms. The second kappa shape index (κ2) is 9.73. The molecule has 5 nitrogen and oxygen atoms in total. The van der Waals surface area contributed by atoms with Crippen molar-refractivity contribution in [2.45, 2.75) is 31.1 Å². The molecule has 0 radical (unpaired) electrons. The van der Waals surface area contributed by atoms with Gasteiger partial charge < -0.3 is 15.5 Å². The van der Waals surface area contributed by atoms with Crippen molar-refractivity contribution >= 4 is 23.5 Å². The summed E-state index contributed by atoms with van der Waals surface area (Å²) in [6, 6.07) is 18.5. The molecule has 1 saturated carbocycles. The molecule has 1 unspecified atom stereocenters. The lowest BCUT2D eigenvalue weighted by Crippen LogP contribution is -2.43. The summed E-state index contributed by atoms with van der Waals surface area (Å²) in [5.41, 5.74) is 2.78. The number of amides is 1. The molecule has 2 aromatic rings. The van der Waals surface area contributed by atoms with Gasteiger partial charge in [-0.2, -0.15) is 0 Å². The molecule has 1 aliphatic heterocycles. The van der Waals surface area contributed by atoms with Crippen molar-refractivity contribution in [3.63, 3.8) is 0 Å². The number of likely N-dealkylation sites (tertiary alicyclic amines) is 1. The van der Waals surface area contributed by atoms with Gasteiger partial charge >= 0.3 is 0 Å². The zero-order chi connectivity index (χ0) is 21.7. The van der Waals surface area contributed by atoms with Crippen LogP contribution in [-0.4, -0.2) is 50.0 Å². The summed E-state index contributed by atoms with van der Waals surface area (Å²) < 4.78 is 0. The van der Waals surface area contributed by atoms with Crippen LogP contribution >= 0.6 is 11.6 Å². The van der Waals surface area contributed by atoms with Gasteiger partial charge in [-0.3, -0.25) is 9.79 Å². The van der Waals surface area contributed by atoms with Crippen LogP contribution in [0.2, 0.25) is 5.02 Å². The van der Waals surface area contributed by atoms with Gasteiger partial charge in [0.05, 0.1) is 0 Å². The lowest BCUT2D eigenvalue weighted by molar-refractivity contribution is -0.127. The molecule has 164 valence electrons. The molecule has 1 heterocycles. The number of halogens is 1. The average Bonchev–Trinajstić information content (AvgIpc) is 3.50. The Morgan fingerprint density at radius 1 is 1.13 bits per heavy atom. The highest BCUT2D eigenvalue weighted by molar-refractivity contribution is 6.30. The van der Waals surface area contributed by atoms with E-state index < -0.39 is 0 Å². The van der Waals surface area contributed by atoms with E-state index in [1.54, 1.807) is 7.05 Å². The maximum atomic E-state index is 12.4. The van der Waals surface area contributed by atoms with Crippen LogP contribution in [0.25, 0.3) is 0 Å². The van der Waals surface area contributed by atoms with E-state index in [4.69, 9.17) is 11.6 Å². The summed E-state index contributed by atoms with van der Waals surface area (Å²) >= 11 is 6.03. The van der Waals surface area contributed by atoms with Crippen LogP contribution in [0.15, 0.2) is 59.6 Å². The fourth-order valence-electron chi connectivity index (χ4n) is 4.35. The van der Waals surface area contributed by atoms with Crippen LogP contribution in [0.4, 0.5) is 0 Å². The Balaban J connectivity index is 1.22. The Bertz CT molecular complexity index is 909. The predicted molar refractivity (Wildman–Crippen MR) is 127 cm³/mol. The smallest absolute Gasteiger partial charge is 0.223 e. The molecular weight excluding hydrogens is 408 g/mol. The molecule has 1 amide bonds. The number of hydrogen-bond acceptors (Lipinski definition) is 2. The monoisotopic (exact) mass is 438 g/mol. The van der Waals surface area contributed by atoms with Crippen molar-refractivity contribution in [1.29, 1.82) is 0 Å². The minimum atomic E-state index is 0.180. The van der Waals surface area contributed by atoms with E-state index in [0.29, 0.717) is 12.3 Å². The maximum absolute atomic E-state index is 12.4. The first-order valence-corrected chi connectivity index (χ1v) is 11.5. The number of benzene rings is 2. The first-order valence-electron chi connectivity index (χ1n) is 11.1. The molecule has 2 N–H and O–H groups in total. The summed E-state index contributed by atoms with van der Waals surface area (Å²) in [6.45, 7) is 3.20. The Kier molecular flexibility index (Phi) is 6.81. The maximum Gasteiger partial charge on any atom is 0.223 e. The summed E-state index contributed by atoms with van der Waals surface area (Å²) in [4.78, 5) is 18.8. The molecule has 1 aliphatic carbocycles. The van der Waals surface area contributed by atoms with Crippen LogP contribution in [0.1, 0.15) is 30.4 Å². The van der Waals surface area contributed by atoms with E-state index in [1.165, 1.54) is 24.0 Å². The Morgan fingerprint density at radius 2 is 1.87 bits per heavy atom. The second-order valence-electron chi connectivity index (χ2n) is 8.74. The molecule has 6 heteroatoms. The van der Waals surface area contributed by atoms with E-state index in [2.05, 4.69) is 39.9 Å². The van der Waals surface area contributed by atoms with E-state index in [0.717, 1.165) is 43.6 Å². The largest absolute Gasteiger partial charge is 0.356 e. The quantitative estimate of drug-likeness (QED) is 0.488. The third-order valence-corrected chi connectivity index (χ3v) is 6.75. The van der Waals surface area contributed by atoms with Crippen molar-refractivity contribution in [3.8, 4) is 0 Å². The highest BCUT2D eigenvalue weighted by Gasteiger charge is 2.44. The minimum absolute atomic E-state index is 0.180. The lowest BCUT2D eigenvalue weighted by Gasteiger charge is -2.20. The molecule has 2 fully saturated rings. The highest BCUT2D eigenvalue weighted by Crippen LogP contribution is 2.47. The number of aliphatic imine (C=N–C) groups is 1. The predicted octanol–water partition coefficient (Wildman–Crippen LogP) is 3.63. The number of carbonyl (C=O) groups excluding carboxylic acids is 1. The minimum Gasteiger partial charge on any atom is -0.356 e. The van der Waals surface area contributed by atoms with Crippen LogP contribution < -0.4 is 10.6 Å². The average molecular weight is 439 g/mol. The molecule has 2 aromatic carbocycles. The highest BCUT2D eigenvalue weighted by atomic mass is 35.5. The van der Waals surface area contributed by atoms with Crippen LogP contribution in [0.3, 0.4) is 0 Å². The zero-order valence-corrected chi connectivity index (χ0v) is 18.9. The number of nitrogens with one attached hydrogen (secondary N) is 2. The first kappa shape index (κ1) is 21.7. The van der Waals surface area contributed by atoms with Gasteiger partial charge in [0, 0.05) is 56.0 Å². The van der Waals surface area contributed by atoms with Crippen molar-refractivity contribution < 1.29 is 4.79 Å². The topological polar surface area (TPSA) is 56.7 Å². The van der Waals surface area contributed by atoms with Crippen molar-refractivity contribution in [2.24, 2.45) is 10.9 Å². The van der Waals surface area contributed by atoms with Gasteiger partial charge in [-0.1, -0.05) is 54.1 Å². The molecule has 2 aliphatic rings. The molecule has 0 spiro atoms. The summed E-state index contributed by atoms with van der Waals surface area (Å²) in [5.74, 6) is 1.37. The normalized spacial score (nSPS) is 20.1. The van der Waals surface area contributed by atoms with Crippen LogP contribution in [0, 0.1) is 5.92 Å². The van der Waals surface area contributed by atoms with Crippen molar-refractivity contribution in [3.05, 3.63) is 70.7 Å².